The maximum Gasteiger partial charge on any atom is 0.238 e. The van der Waals surface area contributed by atoms with Gasteiger partial charge in [0.2, 0.25) is 17.5 Å². The van der Waals surface area contributed by atoms with Gasteiger partial charge >= 0.3 is 0 Å². The highest BCUT2D eigenvalue weighted by Gasteiger charge is 2.26. The third kappa shape index (κ3) is 1.68. The smallest absolute Gasteiger partial charge is 0.238 e. The van der Waals surface area contributed by atoms with Crippen LogP contribution in [0.4, 0.5) is 0 Å². The van der Waals surface area contributed by atoms with Gasteiger partial charge < -0.3 is 9.42 Å². The lowest BCUT2D eigenvalue weighted by Gasteiger charge is -2.04. The second-order valence-electron chi connectivity index (χ2n) is 3.76. The molecule has 1 atom stereocenters. The topological polar surface area (TPSA) is 59.2 Å². The minimum Gasteiger partial charge on any atom is -0.339 e. The summed E-state index contributed by atoms with van der Waals surface area (Å²) in [4.78, 5) is 17.2. The van der Waals surface area contributed by atoms with Crippen LogP contribution in [0.3, 0.4) is 0 Å². The molecule has 5 nitrogen and oxygen atoms in total. The molecule has 0 saturated carbocycles. The number of aromatic nitrogens is 2. The van der Waals surface area contributed by atoms with Gasteiger partial charge in [-0.05, 0) is 20.0 Å². The highest BCUT2D eigenvalue weighted by atomic mass is 16.5. The van der Waals surface area contributed by atoms with Crippen LogP contribution in [0.2, 0.25) is 0 Å². The summed E-state index contributed by atoms with van der Waals surface area (Å²) in [6, 6.07) is 0. The Balaban J connectivity index is 2.13. The van der Waals surface area contributed by atoms with Crippen LogP contribution in [-0.4, -0.2) is 41.0 Å². The Bertz CT molecular complexity index is 348. The van der Waals surface area contributed by atoms with Crippen LogP contribution >= 0.6 is 0 Å². The highest BCUT2D eigenvalue weighted by molar-refractivity contribution is 5.89. The average Bonchev–Trinajstić information content (AvgIpc) is 2.70. The first-order valence-electron chi connectivity index (χ1n) is 4.70. The van der Waals surface area contributed by atoms with Crippen molar-refractivity contribution < 1.29 is 9.32 Å². The molecule has 0 radical (unpaired) electrons. The average molecular weight is 195 g/mol. The number of nitrogens with zero attached hydrogens (tertiary/aromatic N) is 3. The largest absolute Gasteiger partial charge is 0.339 e. The minimum atomic E-state index is -0.147. The van der Waals surface area contributed by atoms with Gasteiger partial charge in [-0.25, -0.2) is 0 Å². The Morgan fingerprint density at radius 1 is 1.64 bits per heavy atom. The van der Waals surface area contributed by atoms with E-state index in [1.807, 2.05) is 0 Å². The Morgan fingerprint density at radius 3 is 2.93 bits per heavy atom. The van der Waals surface area contributed by atoms with Crippen LogP contribution in [0.15, 0.2) is 4.52 Å². The molecule has 0 aromatic carbocycles. The molecule has 0 N–H and O–H groups in total. The number of carbonyl (C=O) groups excluding carboxylic acids is 1. The van der Waals surface area contributed by atoms with Crippen molar-refractivity contribution in [3.8, 4) is 0 Å². The molecule has 2 heterocycles. The van der Waals surface area contributed by atoms with Crippen molar-refractivity contribution in [2.45, 2.75) is 19.3 Å². The standard InChI is InChI=1S/C9H13N3O2/c1-6(13)8-10-9(14-11-8)7-3-4-12(2)5-7/h7H,3-5H2,1-2H3. The van der Waals surface area contributed by atoms with E-state index in [-0.39, 0.29) is 11.6 Å². The summed E-state index contributed by atoms with van der Waals surface area (Å²) in [6.45, 7) is 3.41. The van der Waals surface area contributed by atoms with Crippen molar-refractivity contribution in [1.29, 1.82) is 0 Å². The van der Waals surface area contributed by atoms with Crippen molar-refractivity contribution >= 4 is 5.78 Å². The maximum atomic E-state index is 10.9. The van der Waals surface area contributed by atoms with Gasteiger partial charge in [0.05, 0.1) is 5.92 Å². The molecule has 5 heteroatoms. The Kier molecular flexibility index (Phi) is 2.33. The molecule has 0 amide bonds. The first-order valence-corrected chi connectivity index (χ1v) is 4.70. The summed E-state index contributed by atoms with van der Waals surface area (Å²) in [6.07, 6.45) is 1.02. The van der Waals surface area contributed by atoms with Crippen molar-refractivity contribution in [3.63, 3.8) is 0 Å². The molecule has 1 aliphatic heterocycles. The van der Waals surface area contributed by atoms with Gasteiger partial charge in [0.15, 0.2) is 0 Å². The van der Waals surface area contributed by atoms with Crippen molar-refractivity contribution in [2.75, 3.05) is 20.1 Å². The van der Waals surface area contributed by atoms with Crippen LogP contribution in [0.1, 0.15) is 35.8 Å². The lowest BCUT2D eigenvalue weighted by Crippen LogP contribution is -2.13. The van der Waals surface area contributed by atoms with Gasteiger partial charge in [-0.1, -0.05) is 5.16 Å². The zero-order valence-electron chi connectivity index (χ0n) is 8.36. The number of hydrogen-bond donors (Lipinski definition) is 0. The fourth-order valence-electron chi connectivity index (χ4n) is 1.68. The summed E-state index contributed by atoms with van der Waals surface area (Å²) in [7, 11) is 2.06. The summed E-state index contributed by atoms with van der Waals surface area (Å²) in [5, 5.41) is 3.63. The van der Waals surface area contributed by atoms with Gasteiger partial charge in [0.25, 0.3) is 0 Å². The van der Waals surface area contributed by atoms with Gasteiger partial charge in [0.1, 0.15) is 0 Å². The normalized spacial score (nSPS) is 22.9. The molecule has 76 valence electrons. The number of likely N-dealkylation sites (N-methyl/N-ethyl adjacent to an activating group) is 1. The minimum absolute atomic E-state index is 0.147. The van der Waals surface area contributed by atoms with E-state index in [0.29, 0.717) is 11.8 Å². The predicted molar refractivity (Wildman–Crippen MR) is 49.2 cm³/mol. The molecule has 0 spiro atoms. The Labute approximate surface area is 82.1 Å². The second kappa shape index (κ2) is 3.49. The number of likely N-dealkylation sites (tertiary alicyclic amines) is 1. The Hall–Kier alpha value is -1.23. The zero-order valence-corrected chi connectivity index (χ0v) is 8.36. The molecule has 14 heavy (non-hydrogen) atoms. The molecular formula is C9H13N3O2. The van der Waals surface area contributed by atoms with Crippen LogP contribution in [-0.2, 0) is 0 Å². The van der Waals surface area contributed by atoms with E-state index < -0.39 is 0 Å². The predicted octanol–water partition coefficient (Wildman–Crippen LogP) is 0.691. The number of rotatable bonds is 2. The van der Waals surface area contributed by atoms with Crippen LogP contribution in [0.5, 0.6) is 0 Å². The van der Waals surface area contributed by atoms with Gasteiger partial charge in [-0.15, -0.1) is 0 Å². The summed E-state index contributed by atoms with van der Waals surface area (Å²) in [5.41, 5.74) is 0. The first kappa shape index (κ1) is 9.33. The third-order valence-electron chi connectivity index (χ3n) is 2.50. The molecule has 1 aromatic rings. The van der Waals surface area contributed by atoms with Gasteiger partial charge in [-0.3, -0.25) is 4.79 Å². The SMILES string of the molecule is CC(=O)c1noc(C2CCN(C)C2)n1. The number of carbonyl (C=O) groups is 1. The summed E-state index contributed by atoms with van der Waals surface area (Å²) >= 11 is 0. The summed E-state index contributed by atoms with van der Waals surface area (Å²) < 4.78 is 5.05. The van der Waals surface area contributed by atoms with Gasteiger partial charge in [-0.2, -0.15) is 4.98 Å². The van der Waals surface area contributed by atoms with E-state index in [2.05, 4.69) is 22.1 Å². The quantitative estimate of drug-likeness (QED) is 0.650. The molecule has 1 saturated heterocycles. The monoisotopic (exact) mass is 195 g/mol. The molecule has 2 rings (SSSR count). The molecule has 1 aromatic heterocycles. The lowest BCUT2D eigenvalue weighted by atomic mass is 10.1. The fourth-order valence-corrected chi connectivity index (χ4v) is 1.68. The molecule has 0 aliphatic carbocycles. The molecule has 1 unspecified atom stereocenters. The van der Waals surface area contributed by atoms with E-state index in [1.165, 1.54) is 6.92 Å². The van der Waals surface area contributed by atoms with E-state index >= 15 is 0 Å². The second-order valence-corrected chi connectivity index (χ2v) is 3.76. The lowest BCUT2D eigenvalue weighted by molar-refractivity contribution is 0.100. The maximum absolute atomic E-state index is 10.9. The zero-order chi connectivity index (χ0) is 10.1. The number of ketones is 1. The van der Waals surface area contributed by atoms with Crippen LogP contribution in [0.25, 0.3) is 0 Å². The van der Waals surface area contributed by atoms with Crippen molar-refractivity contribution in [3.05, 3.63) is 11.7 Å². The number of Topliss-reactive ketones (excluding diaryl/α,β-unsaturated/α-hetero) is 1. The van der Waals surface area contributed by atoms with Crippen molar-refractivity contribution in [2.24, 2.45) is 0 Å². The van der Waals surface area contributed by atoms with E-state index in [9.17, 15) is 4.79 Å². The van der Waals surface area contributed by atoms with E-state index in [4.69, 9.17) is 4.52 Å². The first-order chi connectivity index (χ1) is 6.66. The van der Waals surface area contributed by atoms with E-state index in [1.54, 1.807) is 0 Å². The molecular weight excluding hydrogens is 182 g/mol. The Morgan fingerprint density at radius 2 is 2.43 bits per heavy atom. The van der Waals surface area contributed by atoms with Crippen molar-refractivity contribution in [1.82, 2.24) is 15.0 Å². The number of hydrogen-bond acceptors (Lipinski definition) is 5. The van der Waals surface area contributed by atoms with E-state index in [0.717, 1.165) is 19.5 Å². The molecule has 0 bridgehead atoms. The van der Waals surface area contributed by atoms with Crippen LogP contribution < -0.4 is 0 Å². The summed E-state index contributed by atoms with van der Waals surface area (Å²) in [5.74, 6) is 0.932. The highest BCUT2D eigenvalue weighted by Crippen LogP contribution is 2.24. The van der Waals surface area contributed by atoms with Crippen LogP contribution in [0, 0.1) is 0 Å². The van der Waals surface area contributed by atoms with Gasteiger partial charge in [0, 0.05) is 13.5 Å². The third-order valence-corrected chi connectivity index (χ3v) is 2.50. The fraction of sp³-hybridized carbons (Fsp3) is 0.667. The molecule has 1 fully saturated rings. The molecule has 1 aliphatic rings.